The van der Waals surface area contributed by atoms with Crippen LogP contribution in [0.15, 0.2) is 41.4 Å². The number of nitrogens with zero attached hydrogens (tertiary/aromatic N) is 4. The maximum Gasteiger partial charge on any atom is 0.417 e. The molecule has 0 radical (unpaired) electrons. The summed E-state index contributed by atoms with van der Waals surface area (Å²) in [6, 6.07) is 7.19. The van der Waals surface area contributed by atoms with Gasteiger partial charge in [0, 0.05) is 11.1 Å². The van der Waals surface area contributed by atoms with Crippen molar-refractivity contribution in [2.75, 3.05) is 0 Å². The van der Waals surface area contributed by atoms with E-state index >= 15 is 0 Å². The number of alkyl halides is 6. The topological polar surface area (TPSA) is 61.9 Å². The summed E-state index contributed by atoms with van der Waals surface area (Å²) in [5, 5.41) is 8.91. The zero-order chi connectivity index (χ0) is 20.3. The van der Waals surface area contributed by atoms with Crippen molar-refractivity contribution in [3.05, 3.63) is 58.8 Å². The van der Waals surface area contributed by atoms with E-state index in [1.807, 2.05) is 0 Å². The Balaban J connectivity index is 2.08. The number of halogens is 6. The first-order chi connectivity index (χ1) is 13.1. The summed E-state index contributed by atoms with van der Waals surface area (Å²) < 4.78 is 79.1. The van der Waals surface area contributed by atoms with Gasteiger partial charge in [-0.05, 0) is 12.1 Å². The number of nitriles is 1. The summed E-state index contributed by atoms with van der Waals surface area (Å²) >= 11 is 0. The largest absolute Gasteiger partial charge is 0.417 e. The molecule has 28 heavy (non-hydrogen) atoms. The minimum absolute atomic E-state index is 0.0446. The Morgan fingerprint density at radius 1 is 0.786 bits per heavy atom. The Kier molecular flexibility index (Phi) is 3.68. The van der Waals surface area contributed by atoms with Gasteiger partial charge in [0.05, 0.1) is 27.9 Å². The van der Waals surface area contributed by atoms with E-state index in [9.17, 15) is 26.3 Å². The van der Waals surface area contributed by atoms with E-state index in [2.05, 4.69) is 15.0 Å². The van der Waals surface area contributed by atoms with Crippen molar-refractivity contribution >= 4 is 16.7 Å². The third-order valence-electron chi connectivity index (χ3n) is 4.24. The summed E-state index contributed by atoms with van der Waals surface area (Å²) in [4.78, 5) is 11.8. The van der Waals surface area contributed by atoms with Gasteiger partial charge in [0.15, 0.2) is 0 Å². The molecule has 0 N–H and O–H groups in total. The molecule has 0 aliphatic heterocycles. The summed E-state index contributed by atoms with van der Waals surface area (Å²) in [5.41, 5.74) is -3.14. The smallest absolute Gasteiger partial charge is 0.244 e. The van der Waals surface area contributed by atoms with Crippen molar-refractivity contribution in [2.24, 2.45) is 4.99 Å². The van der Waals surface area contributed by atoms with Crippen molar-refractivity contribution < 1.29 is 26.3 Å². The van der Waals surface area contributed by atoms with Gasteiger partial charge in [-0.1, -0.05) is 24.3 Å². The molecule has 140 valence electrons. The van der Waals surface area contributed by atoms with E-state index < -0.39 is 23.5 Å². The van der Waals surface area contributed by atoms with E-state index in [1.165, 1.54) is 0 Å². The average Bonchev–Trinajstić information content (AvgIpc) is 2.91. The minimum atomic E-state index is -5.23. The summed E-state index contributed by atoms with van der Waals surface area (Å²) in [6.45, 7) is 0. The first kappa shape index (κ1) is 17.9. The van der Waals surface area contributed by atoms with Crippen LogP contribution in [0.2, 0.25) is 0 Å². The first-order valence-electron chi connectivity index (χ1n) is 7.68. The molecular formula is C18H6F6N4. The summed E-state index contributed by atoms with van der Waals surface area (Å²) in [6.07, 6.45) is -8.85. The molecule has 0 bridgehead atoms. The van der Waals surface area contributed by atoms with Crippen molar-refractivity contribution in [1.82, 2.24) is 9.97 Å². The molecule has 4 nitrogen and oxygen atoms in total. The predicted molar refractivity (Wildman–Crippen MR) is 86.2 cm³/mol. The van der Waals surface area contributed by atoms with E-state index in [-0.39, 0.29) is 28.1 Å². The zero-order valence-corrected chi connectivity index (χ0v) is 13.5. The van der Waals surface area contributed by atoms with Crippen LogP contribution in [-0.4, -0.2) is 15.7 Å². The molecule has 1 aromatic heterocycles. The van der Waals surface area contributed by atoms with Gasteiger partial charge in [-0.2, -0.15) is 36.6 Å². The molecule has 0 fully saturated rings. The third kappa shape index (κ3) is 2.67. The van der Waals surface area contributed by atoms with Gasteiger partial charge >= 0.3 is 12.4 Å². The molecule has 3 aromatic rings. The number of hydrogen-bond donors (Lipinski definition) is 0. The highest BCUT2D eigenvalue weighted by Gasteiger charge is 2.44. The fraction of sp³-hybridized carbons (Fsp3) is 0.111. The highest BCUT2D eigenvalue weighted by Crippen LogP contribution is 2.43. The molecule has 1 aliphatic carbocycles. The fourth-order valence-corrected chi connectivity index (χ4v) is 3.11. The second-order valence-corrected chi connectivity index (χ2v) is 5.91. The molecule has 0 atom stereocenters. The van der Waals surface area contributed by atoms with Crippen LogP contribution in [0.4, 0.5) is 26.3 Å². The van der Waals surface area contributed by atoms with Crippen molar-refractivity contribution in [3.8, 4) is 17.5 Å². The molecule has 10 heteroatoms. The van der Waals surface area contributed by atoms with E-state index in [0.717, 1.165) is 0 Å². The number of hydrogen-bond acceptors (Lipinski definition) is 4. The van der Waals surface area contributed by atoms with Gasteiger partial charge in [-0.3, -0.25) is 0 Å². The van der Waals surface area contributed by atoms with Gasteiger partial charge < -0.3 is 0 Å². The van der Waals surface area contributed by atoms with Crippen LogP contribution in [0.25, 0.3) is 22.3 Å². The quantitative estimate of drug-likeness (QED) is 0.314. The van der Waals surface area contributed by atoms with Crippen LogP contribution >= 0.6 is 0 Å². The van der Waals surface area contributed by atoms with Gasteiger partial charge in [-0.25, -0.2) is 9.97 Å². The Morgan fingerprint density at radius 2 is 1.29 bits per heavy atom. The molecule has 1 aliphatic rings. The molecule has 0 unspecified atom stereocenters. The van der Waals surface area contributed by atoms with Crippen LogP contribution in [0.3, 0.4) is 0 Å². The van der Waals surface area contributed by atoms with E-state index in [1.54, 1.807) is 30.5 Å². The van der Waals surface area contributed by atoms with Crippen LogP contribution in [0, 0.1) is 11.5 Å². The lowest BCUT2D eigenvalue weighted by Crippen LogP contribution is -2.17. The second kappa shape index (κ2) is 5.76. The van der Waals surface area contributed by atoms with Crippen LogP contribution in [0.5, 0.6) is 0 Å². The number of aliphatic imine (C=N–C) groups is 1. The van der Waals surface area contributed by atoms with Crippen LogP contribution < -0.4 is 0 Å². The Hall–Kier alpha value is -3.48. The maximum atomic E-state index is 13.2. The molecule has 0 amide bonds. The summed E-state index contributed by atoms with van der Waals surface area (Å²) in [7, 11) is 0. The standard InChI is InChI=1S/C18H6F6N4/c19-17(20,21)10-5-12-13(6-11(10)18(22,23)24)28-16-14(26-7-25)8-3-1-2-4-9(8)15(16)27-12/h1-6H. The Bertz CT molecular complexity index is 1200. The van der Waals surface area contributed by atoms with E-state index in [4.69, 9.17) is 5.26 Å². The number of rotatable bonds is 0. The monoisotopic (exact) mass is 392 g/mol. The van der Waals surface area contributed by atoms with Crippen molar-refractivity contribution in [2.45, 2.75) is 12.4 Å². The van der Waals surface area contributed by atoms with Crippen LogP contribution in [-0.2, 0) is 12.4 Å². The highest BCUT2D eigenvalue weighted by atomic mass is 19.4. The Morgan fingerprint density at radius 3 is 1.79 bits per heavy atom. The average molecular weight is 392 g/mol. The van der Waals surface area contributed by atoms with Gasteiger partial charge in [0.1, 0.15) is 11.4 Å². The second-order valence-electron chi connectivity index (χ2n) is 5.91. The lowest BCUT2D eigenvalue weighted by Gasteiger charge is -2.16. The van der Waals surface area contributed by atoms with Crippen LogP contribution in [0.1, 0.15) is 22.4 Å². The SMILES string of the molecule is N#CN=C1c2ccccc2-c2nc3cc(C(F)(F)F)c(C(F)(F)F)cc3nc21. The maximum absolute atomic E-state index is 13.2. The van der Waals surface area contributed by atoms with Gasteiger partial charge in [-0.15, -0.1) is 0 Å². The van der Waals surface area contributed by atoms with Gasteiger partial charge in [0.2, 0.25) is 6.19 Å². The lowest BCUT2D eigenvalue weighted by atomic mass is 10.0. The summed E-state index contributed by atoms with van der Waals surface area (Å²) in [5.74, 6) is 0. The molecule has 4 rings (SSSR count). The Labute approximate surface area is 152 Å². The zero-order valence-electron chi connectivity index (χ0n) is 13.5. The molecule has 0 spiro atoms. The van der Waals surface area contributed by atoms with Gasteiger partial charge in [0.25, 0.3) is 0 Å². The predicted octanol–water partition coefficient (Wildman–Crippen LogP) is 4.97. The number of fused-ring (bicyclic) bond motifs is 4. The van der Waals surface area contributed by atoms with Crippen molar-refractivity contribution in [1.29, 1.82) is 5.26 Å². The molecule has 2 aromatic carbocycles. The molecule has 0 saturated heterocycles. The first-order valence-corrected chi connectivity index (χ1v) is 7.68. The van der Waals surface area contributed by atoms with Crippen molar-refractivity contribution in [3.63, 3.8) is 0 Å². The lowest BCUT2D eigenvalue weighted by molar-refractivity contribution is -0.161. The fourth-order valence-electron chi connectivity index (χ4n) is 3.11. The molecule has 0 saturated carbocycles. The molecular weight excluding hydrogens is 386 g/mol. The number of benzene rings is 2. The molecule has 1 heterocycles. The third-order valence-corrected chi connectivity index (χ3v) is 4.24. The minimum Gasteiger partial charge on any atom is -0.244 e. The highest BCUT2D eigenvalue weighted by molar-refractivity contribution is 6.23. The normalized spacial score (nSPS) is 14.8. The number of aromatic nitrogens is 2. The van der Waals surface area contributed by atoms with E-state index in [0.29, 0.717) is 23.3 Å².